The number of imidazole rings is 1. The molecule has 0 radical (unpaired) electrons. The van der Waals surface area contributed by atoms with Gasteiger partial charge in [0.25, 0.3) is 0 Å². The van der Waals surface area contributed by atoms with Crippen LogP contribution in [0.25, 0.3) is 5.69 Å². The van der Waals surface area contributed by atoms with Crippen LogP contribution in [0.3, 0.4) is 0 Å². The predicted molar refractivity (Wildman–Crippen MR) is 86.8 cm³/mol. The Labute approximate surface area is 145 Å². The van der Waals surface area contributed by atoms with Gasteiger partial charge in [0, 0.05) is 35.4 Å². The minimum absolute atomic E-state index is 0.162. The number of aryl methyl sites for hydroxylation is 1. The number of nitrogens with zero attached hydrogens (tertiary/aromatic N) is 4. The van der Waals surface area contributed by atoms with Crippen molar-refractivity contribution in [1.82, 2.24) is 14.5 Å². The quantitative estimate of drug-likeness (QED) is 0.614. The van der Waals surface area contributed by atoms with Gasteiger partial charge in [0.05, 0.1) is 23.5 Å². The zero-order valence-electron chi connectivity index (χ0n) is 13.5. The van der Waals surface area contributed by atoms with E-state index in [9.17, 15) is 17.6 Å². The predicted octanol–water partition coefficient (Wildman–Crippen LogP) is 4.08. The molecule has 1 aliphatic heterocycles. The fourth-order valence-electron chi connectivity index (χ4n) is 3.07. The van der Waals surface area contributed by atoms with E-state index in [4.69, 9.17) is 0 Å². The number of hydrogen-bond donors (Lipinski definition) is 0. The van der Waals surface area contributed by atoms with Gasteiger partial charge in [0.2, 0.25) is 0 Å². The van der Waals surface area contributed by atoms with E-state index in [2.05, 4.69) is 15.0 Å². The number of hydrogen-bond acceptors (Lipinski definition) is 3. The fraction of sp³-hybridized carbons (Fsp3) is 0.167. The van der Waals surface area contributed by atoms with Crippen molar-refractivity contribution in [3.8, 4) is 5.69 Å². The molecule has 0 amide bonds. The zero-order chi connectivity index (χ0) is 18.5. The highest BCUT2D eigenvalue weighted by molar-refractivity contribution is 6.15. The lowest BCUT2D eigenvalue weighted by Crippen LogP contribution is -2.14. The second-order valence-electron chi connectivity index (χ2n) is 5.90. The summed E-state index contributed by atoms with van der Waals surface area (Å²) in [6.45, 7) is 1.89. The van der Waals surface area contributed by atoms with Crippen LogP contribution in [0.4, 0.5) is 17.6 Å². The first-order chi connectivity index (χ1) is 12.4. The minimum atomic E-state index is -4.80. The largest absolute Gasteiger partial charge is 0.419 e. The normalized spacial score (nSPS) is 13.7. The molecule has 0 atom stereocenters. The Bertz CT molecular complexity index is 1020. The van der Waals surface area contributed by atoms with E-state index in [1.807, 2.05) is 0 Å². The molecule has 0 unspecified atom stereocenters. The summed E-state index contributed by atoms with van der Waals surface area (Å²) in [6.07, 6.45) is -0.130. The summed E-state index contributed by atoms with van der Waals surface area (Å²) in [6, 6.07) is 5.12. The van der Waals surface area contributed by atoms with Crippen LogP contribution in [0.15, 0.2) is 47.8 Å². The molecule has 132 valence electrons. The molecule has 0 fully saturated rings. The number of halogens is 4. The molecule has 2 aromatic heterocycles. The molecular weight excluding hydrogens is 348 g/mol. The second kappa shape index (κ2) is 5.76. The van der Waals surface area contributed by atoms with Crippen molar-refractivity contribution in [2.24, 2.45) is 4.99 Å². The summed E-state index contributed by atoms with van der Waals surface area (Å²) in [4.78, 5) is 12.7. The topological polar surface area (TPSA) is 43.1 Å². The van der Waals surface area contributed by atoms with Gasteiger partial charge in [-0.25, -0.2) is 9.37 Å². The van der Waals surface area contributed by atoms with Crippen molar-refractivity contribution in [2.75, 3.05) is 0 Å². The highest BCUT2D eigenvalue weighted by atomic mass is 19.4. The molecule has 0 aliphatic carbocycles. The Morgan fingerprint density at radius 3 is 2.65 bits per heavy atom. The molecule has 1 aromatic carbocycles. The van der Waals surface area contributed by atoms with Gasteiger partial charge in [0.15, 0.2) is 0 Å². The van der Waals surface area contributed by atoms with E-state index in [-0.39, 0.29) is 17.8 Å². The highest BCUT2D eigenvalue weighted by Gasteiger charge is 2.36. The maximum Gasteiger partial charge on any atom is 0.419 e. The Morgan fingerprint density at radius 2 is 1.96 bits per heavy atom. The Kier molecular flexibility index (Phi) is 3.64. The lowest BCUT2D eigenvalue weighted by Gasteiger charge is -2.17. The van der Waals surface area contributed by atoms with E-state index in [1.54, 1.807) is 42.2 Å². The summed E-state index contributed by atoms with van der Waals surface area (Å²) in [5.74, 6) is -0.851. The van der Waals surface area contributed by atoms with Crippen LogP contribution in [-0.4, -0.2) is 20.2 Å². The molecule has 3 heterocycles. The smallest absolute Gasteiger partial charge is 0.299 e. The van der Waals surface area contributed by atoms with Crippen LogP contribution in [0.2, 0.25) is 0 Å². The third-order valence-electron chi connectivity index (χ3n) is 4.21. The SMILES string of the molecule is Cc1cnc2n1-c1cc(C(F)(F)F)c(F)cc1C(c1cccnc1)=NC2. The summed E-state index contributed by atoms with van der Waals surface area (Å²) < 4.78 is 55.6. The van der Waals surface area contributed by atoms with Gasteiger partial charge in [0.1, 0.15) is 11.6 Å². The molecule has 0 saturated heterocycles. The van der Waals surface area contributed by atoms with Crippen molar-refractivity contribution in [1.29, 1.82) is 0 Å². The summed E-state index contributed by atoms with van der Waals surface area (Å²) in [5, 5.41) is 0. The highest BCUT2D eigenvalue weighted by Crippen LogP contribution is 2.36. The number of aliphatic imine (C=N–C) groups is 1. The molecule has 1 aliphatic rings. The summed E-state index contributed by atoms with van der Waals surface area (Å²) >= 11 is 0. The van der Waals surface area contributed by atoms with E-state index in [1.165, 1.54) is 0 Å². The van der Waals surface area contributed by atoms with E-state index in [0.717, 1.165) is 12.1 Å². The number of fused-ring (bicyclic) bond motifs is 3. The molecule has 4 rings (SSSR count). The summed E-state index contributed by atoms with van der Waals surface area (Å²) in [7, 11) is 0. The first-order valence-electron chi connectivity index (χ1n) is 7.76. The van der Waals surface area contributed by atoms with Gasteiger partial charge < -0.3 is 0 Å². The number of benzene rings is 1. The number of rotatable bonds is 1. The first-order valence-corrected chi connectivity index (χ1v) is 7.76. The van der Waals surface area contributed by atoms with Gasteiger partial charge in [-0.3, -0.25) is 14.5 Å². The van der Waals surface area contributed by atoms with Crippen LogP contribution in [0, 0.1) is 12.7 Å². The van der Waals surface area contributed by atoms with E-state index in [0.29, 0.717) is 22.8 Å². The Morgan fingerprint density at radius 1 is 1.15 bits per heavy atom. The van der Waals surface area contributed by atoms with Crippen molar-refractivity contribution in [3.05, 3.63) is 76.9 Å². The van der Waals surface area contributed by atoms with Gasteiger partial charge >= 0.3 is 6.18 Å². The van der Waals surface area contributed by atoms with Crippen LogP contribution in [-0.2, 0) is 12.7 Å². The molecule has 0 spiro atoms. The van der Waals surface area contributed by atoms with E-state index < -0.39 is 17.6 Å². The van der Waals surface area contributed by atoms with Crippen LogP contribution >= 0.6 is 0 Å². The van der Waals surface area contributed by atoms with Crippen molar-refractivity contribution >= 4 is 5.71 Å². The van der Waals surface area contributed by atoms with Gasteiger partial charge in [-0.15, -0.1) is 0 Å². The molecule has 0 bridgehead atoms. The van der Waals surface area contributed by atoms with Crippen molar-refractivity contribution in [2.45, 2.75) is 19.6 Å². The fourth-order valence-corrected chi connectivity index (χ4v) is 3.07. The molecule has 0 saturated carbocycles. The standard InChI is InChI=1S/C18H12F4N4/c1-10-7-24-16-9-25-17(11-3-2-4-23-8-11)12-5-14(19)13(18(20,21)22)6-15(12)26(10)16/h2-8H,9H2,1H3. The second-order valence-corrected chi connectivity index (χ2v) is 5.90. The zero-order valence-corrected chi connectivity index (χ0v) is 13.5. The third-order valence-corrected chi connectivity index (χ3v) is 4.21. The average molecular weight is 360 g/mol. The molecular formula is C18H12F4N4. The molecule has 3 aromatic rings. The van der Waals surface area contributed by atoms with Gasteiger partial charge in [-0.2, -0.15) is 13.2 Å². The number of alkyl halides is 3. The number of aromatic nitrogens is 3. The molecule has 4 nitrogen and oxygen atoms in total. The summed E-state index contributed by atoms with van der Waals surface area (Å²) in [5.41, 5.74) is 0.764. The van der Waals surface area contributed by atoms with Crippen LogP contribution in [0.5, 0.6) is 0 Å². The van der Waals surface area contributed by atoms with E-state index >= 15 is 0 Å². The maximum absolute atomic E-state index is 14.3. The monoisotopic (exact) mass is 360 g/mol. The van der Waals surface area contributed by atoms with Crippen LogP contribution < -0.4 is 0 Å². The van der Waals surface area contributed by atoms with Crippen molar-refractivity contribution < 1.29 is 17.6 Å². The van der Waals surface area contributed by atoms with Crippen molar-refractivity contribution in [3.63, 3.8) is 0 Å². The Balaban J connectivity index is 2.04. The lowest BCUT2D eigenvalue weighted by molar-refractivity contribution is -0.140. The average Bonchev–Trinajstić information content (AvgIpc) is 2.87. The molecule has 0 N–H and O–H groups in total. The maximum atomic E-state index is 14.3. The third kappa shape index (κ3) is 2.58. The first kappa shape index (κ1) is 16.4. The minimum Gasteiger partial charge on any atom is -0.299 e. The van der Waals surface area contributed by atoms with Crippen LogP contribution in [0.1, 0.15) is 28.2 Å². The molecule has 8 heteroatoms. The molecule has 26 heavy (non-hydrogen) atoms. The van der Waals surface area contributed by atoms with Gasteiger partial charge in [-0.1, -0.05) is 0 Å². The van der Waals surface area contributed by atoms with Gasteiger partial charge in [-0.05, 0) is 31.2 Å². The lowest BCUT2D eigenvalue weighted by atomic mass is 9.99. The number of pyridine rings is 1. The Hall–Kier alpha value is -3.03.